The third-order valence-electron chi connectivity index (χ3n) is 6.36. The zero-order chi connectivity index (χ0) is 27.2. The molecule has 1 fully saturated rings. The van der Waals surface area contributed by atoms with Crippen LogP contribution in [0, 0.1) is 5.41 Å². The normalized spacial score (nSPS) is 26.3. The van der Waals surface area contributed by atoms with Crippen LogP contribution >= 0.6 is 11.8 Å². The number of ether oxygens (including phenoxy) is 3. The lowest BCUT2D eigenvalue weighted by Crippen LogP contribution is -2.67. The molecule has 1 aliphatic heterocycles. The first-order valence-corrected chi connectivity index (χ1v) is 15.2. The maximum absolute atomic E-state index is 11.2. The average Bonchev–Trinajstić information content (AvgIpc) is 2.78. The number of nitrogens with one attached hydrogen (secondary N) is 1. The van der Waals surface area contributed by atoms with Gasteiger partial charge in [-0.05, 0) is 50.5 Å². The largest absolute Gasteiger partial charge is 0.394 e. The Morgan fingerprint density at radius 3 is 2.22 bits per heavy atom. The van der Waals surface area contributed by atoms with E-state index in [-0.39, 0.29) is 31.3 Å². The predicted molar refractivity (Wildman–Crippen MR) is 150 cm³/mol. The summed E-state index contributed by atoms with van der Waals surface area (Å²) < 4.78 is 18.0. The van der Waals surface area contributed by atoms with Crippen molar-refractivity contribution in [3.05, 3.63) is 0 Å². The van der Waals surface area contributed by atoms with Crippen LogP contribution < -0.4 is 5.32 Å². The molecule has 216 valence electrons. The van der Waals surface area contributed by atoms with Crippen LogP contribution in [0.5, 0.6) is 0 Å². The van der Waals surface area contributed by atoms with Gasteiger partial charge in [0, 0.05) is 13.2 Å². The highest BCUT2D eigenvalue weighted by Crippen LogP contribution is 2.35. The van der Waals surface area contributed by atoms with Crippen LogP contribution in [0.4, 0.5) is 0 Å². The van der Waals surface area contributed by atoms with Crippen molar-refractivity contribution in [2.24, 2.45) is 5.41 Å². The molecule has 1 aliphatic rings. The Morgan fingerprint density at radius 2 is 1.61 bits per heavy atom. The van der Waals surface area contributed by atoms with E-state index in [1.54, 1.807) is 0 Å². The van der Waals surface area contributed by atoms with Gasteiger partial charge in [-0.3, -0.25) is 0 Å². The second kappa shape index (κ2) is 17.6. The number of unbranched alkanes of at least 4 members (excludes halogenated alkanes) is 5. The molecular weight excluding hydrogens is 478 g/mol. The van der Waals surface area contributed by atoms with E-state index >= 15 is 0 Å². The molecule has 6 atom stereocenters. The van der Waals surface area contributed by atoms with Crippen LogP contribution in [0.25, 0.3) is 0 Å². The fourth-order valence-electron chi connectivity index (χ4n) is 4.53. The Hall–Kier alpha value is 0.0700. The molecule has 0 aromatic carbocycles. The number of hydrogen-bond donors (Lipinski definition) is 4. The van der Waals surface area contributed by atoms with Gasteiger partial charge < -0.3 is 34.8 Å². The molecule has 0 saturated carbocycles. The first-order chi connectivity index (χ1) is 16.9. The molecule has 4 N–H and O–H groups in total. The van der Waals surface area contributed by atoms with Crippen LogP contribution in [0.2, 0.25) is 0 Å². The lowest BCUT2D eigenvalue weighted by molar-refractivity contribution is -0.251. The second-order valence-corrected chi connectivity index (χ2v) is 13.5. The fraction of sp³-hybridized carbons (Fsp3) is 1.00. The van der Waals surface area contributed by atoms with E-state index in [0.29, 0.717) is 6.61 Å². The molecule has 1 rings (SSSR count). The number of aliphatic hydroxyl groups is 3. The zero-order valence-corrected chi connectivity index (χ0v) is 24.9. The first-order valence-electron chi connectivity index (χ1n) is 14.1. The van der Waals surface area contributed by atoms with Crippen LogP contribution in [-0.4, -0.2) is 95.4 Å². The third kappa shape index (κ3) is 13.7. The van der Waals surface area contributed by atoms with Gasteiger partial charge in [0.1, 0.15) is 18.3 Å². The summed E-state index contributed by atoms with van der Waals surface area (Å²) in [7, 11) is 0. The quantitative estimate of drug-likeness (QED) is 0.194. The summed E-state index contributed by atoms with van der Waals surface area (Å²) in [6, 6.07) is -0.451. The highest BCUT2D eigenvalue weighted by atomic mass is 32.2. The van der Waals surface area contributed by atoms with Gasteiger partial charge in [0.25, 0.3) is 0 Å². The molecule has 0 aromatic heterocycles. The van der Waals surface area contributed by atoms with E-state index < -0.39 is 36.1 Å². The Morgan fingerprint density at radius 1 is 0.972 bits per heavy atom. The fourth-order valence-corrected chi connectivity index (χ4v) is 5.46. The van der Waals surface area contributed by atoms with Gasteiger partial charge in [0.2, 0.25) is 0 Å². The number of thioether (sulfide) groups is 1. The summed E-state index contributed by atoms with van der Waals surface area (Å²) in [4.78, 5) is 0. The summed E-state index contributed by atoms with van der Waals surface area (Å²) >= 11 is 1.99. The van der Waals surface area contributed by atoms with Crippen molar-refractivity contribution in [3.63, 3.8) is 0 Å². The smallest absolute Gasteiger partial charge is 0.114 e. The van der Waals surface area contributed by atoms with Crippen molar-refractivity contribution in [3.8, 4) is 0 Å². The molecule has 0 bridgehead atoms. The summed E-state index contributed by atoms with van der Waals surface area (Å²) in [5.74, 6) is 2.31. The zero-order valence-electron chi connectivity index (χ0n) is 24.1. The highest BCUT2D eigenvalue weighted by Gasteiger charge is 2.50. The molecular formula is C28H57NO6S. The molecule has 0 radical (unpaired) electrons. The maximum Gasteiger partial charge on any atom is 0.114 e. The SMILES string of the molecule is CCCCCCCCSCCCOCC(O)CNC1C(O)C(OC(C)(C)C)C(CO)OC1C(C)(C)C. The predicted octanol–water partition coefficient (Wildman–Crippen LogP) is 4.16. The third-order valence-corrected chi connectivity index (χ3v) is 7.52. The molecule has 6 unspecified atom stereocenters. The average molecular weight is 536 g/mol. The van der Waals surface area contributed by atoms with E-state index in [4.69, 9.17) is 14.2 Å². The van der Waals surface area contributed by atoms with Crippen molar-refractivity contribution in [1.82, 2.24) is 5.32 Å². The van der Waals surface area contributed by atoms with Crippen LogP contribution in [0.15, 0.2) is 0 Å². The molecule has 0 aliphatic carbocycles. The van der Waals surface area contributed by atoms with Gasteiger partial charge in [-0.15, -0.1) is 0 Å². The van der Waals surface area contributed by atoms with Crippen molar-refractivity contribution in [2.75, 3.05) is 37.9 Å². The number of rotatable bonds is 18. The molecule has 0 aromatic rings. The summed E-state index contributed by atoms with van der Waals surface area (Å²) in [6.45, 7) is 15.1. The molecule has 0 amide bonds. The van der Waals surface area contributed by atoms with Crippen molar-refractivity contribution >= 4 is 11.8 Å². The van der Waals surface area contributed by atoms with Crippen LogP contribution in [-0.2, 0) is 14.2 Å². The molecule has 7 nitrogen and oxygen atoms in total. The lowest BCUT2D eigenvalue weighted by atomic mass is 9.78. The highest BCUT2D eigenvalue weighted by molar-refractivity contribution is 7.99. The van der Waals surface area contributed by atoms with Gasteiger partial charge in [-0.1, -0.05) is 59.8 Å². The molecule has 8 heteroatoms. The Labute approximate surface area is 225 Å². The topological polar surface area (TPSA) is 100 Å². The molecule has 36 heavy (non-hydrogen) atoms. The van der Waals surface area contributed by atoms with Gasteiger partial charge in [0.05, 0.1) is 37.1 Å². The Bertz CT molecular complexity index is 553. The van der Waals surface area contributed by atoms with E-state index in [1.807, 2.05) is 53.3 Å². The molecule has 1 saturated heterocycles. The molecule has 1 heterocycles. The van der Waals surface area contributed by atoms with Crippen LogP contribution in [0.3, 0.4) is 0 Å². The van der Waals surface area contributed by atoms with E-state index in [1.165, 1.54) is 44.3 Å². The minimum Gasteiger partial charge on any atom is -0.394 e. The van der Waals surface area contributed by atoms with Crippen LogP contribution in [0.1, 0.15) is 93.4 Å². The standard InChI is InChI=1S/C28H57NO6S/c1-8-9-10-11-12-13-16-36-17-14-15-33-20-21(31)18-29-23-24(32)25(35-28(5,6)7)22(19-30)34-26(23)27(2,3)4/h21-26,29-32H,8-20H2,1-7H3. The van der Waals surface area contributed by atoms with E-state index in [2.05, 4.69) is 12.2 Å². The van der Waals surface area contributed by atoms with Crippen molar-refractivity contribution in [2.45, 2.75) is 136 Å². The lowest BCUT2D eigenvalue weighted by Gasteiger charge is -2.50. The summed E-state index contributed by atoms with van der Waals surface area (Å²) in [5, 5.41) is 34.9. The number of aliphatic hydroxyl groups excluding tert-OH is 3. The Kier molecular flexibility index (Phi) is 16.7. The maximum atomic E-state index is 11.2. The number of hydrogen-bond acceptors (Lipinski definition) is 8. The minimum absolute atomic E-state index is 0.231. The molecule has 0 spiro atoms. The van der Waals surface area contributed by atoms with E-state index in [0.717, 1.165) is 12.2 Å². The second-order valence-electron chi connectivity index (χ2n) is 12.2. The van der Waals surface area contributed by atoms with Gasteiger partial charge in [-0.2, -0.15) is 11.8 Å². The summed E-state index contributed by atoms with van der Waals surface area (Å²) in [5.41, 5.74) is -0.783. The van der Waals surface area contributed by atoms with E-state index in [9.17, 15) is 15.3 Å². The summed E-state index contributed by atoms with van der Waals surface area (Å²) in [6.07, 6.45) is 5.76. The monoisotopic (exact) mass is 535 g/mol. The van der Waals surface area contributed by atoms with Gasteiger partial charge in [0.15, 0.2) is 0 Å². The first kappa shape index (κ1) is 34.1. The van der Waals surface area contributed by atoms with Crippen molar-refractivity contribution in [1.29, 1.82) is 0 Å². The van der Waals surface area contributed by atoms with Gasteiger partial charge in [-0.25, -0.2) is 0 Å². The van der Waals surface area contributed by atoms with Crippen molar-refractivity contribution < 1.29 is 29.5 Å². The Balaban J connectivity index is 2.39. The minimum atomic E-state index is -0.892. The van der Waals surface area contributed by atoms with Gasteiger partial charge >= 0.3 is 0 Å².